The summed E-state index contributed by atoms with van der Waals surface area (Å²) in [5, 5.41) is 10.7. The third-order valence-corrected chi connectivity index (χ3v) is 4.17. The summed E-state index contributed by atoms with van der Waals surface area (Å²) in [4.78, 5) is 22.4. The summed E-state index contributed by atoms with van der Waals surface area (Å²) in [5.74, 6) is 0.443. The highest BCUT2D eigenvalue weighted by atomic mass is 35.5. The van der Waals surface area contributed by atoms with Crippen molar-refractivity contribution in [3.05, 3.63) is 22.7 Å². The van der Waals surface area contributed by atoms with Crippen LogP contribution in [0, 0.1) is 0 Å². The highest BCUT2D eigenvalue weighted by molar-refractivity contribution is 6.33. The molecule has 116 valence electrons. The van der Waals surface area contributed by atoms with Crippen LogP contribution in [-0.2, 0) is 0 Å². The third kappa shape index (κ3) is 3.71. The Bertz CT molecular complexity index is 528. The molecule has 0 radical (unpaired) electrons. The maximum Gasteiger partial charge on any atom is 0.273 e. The Morgan fingerprint density at radius 1 is 1.48 bits per heavy atom. The number of nitrogens with zero attached hydrogens (tertiary/aromatic N) is 3. The quantitative estimate of drug-likeness (QED) is 0.928. The van der Waals surface area contributed by atoms with Gasteiger partial charge in [-0.1, -0.05) is 38.3 Å². The summed E-state index contributed by atoms with van der Waals surface area (Å²) in [6.45, 7) is 4.23. The first-order valence-electron chi connectivity index (χ1n) is 7.33. The van der Waals surface area contributed by atoms with Gasteiger partial charge in [0.1, 0.15) is 5.82 Å². The summed E-state index contributed by atoms with van der Waals surface area (Å²) in [7, 11) is 1.67. The first-order chi connectivity index (χ1) is 9.82. The largest absolute Gasteiger partial charge is 0.388 e. The van der Waals surface area contributed by atoms with Crippen molar-refractivity contribution in [3.63, 3.8) is 0 Å². The van der Waals surface area contributed by atoms with Gasteiger partial charge in [-0.05, 0) is 12.8 Å². The molecule has 1 aliphatic rings. The fourth-order valence-corrected chi connectivity index (χ4v) is 2.87. The number of likely N-dealkylation sites (N-methyl/N-ethyl adjacent to an activating group) is 1. The number of rotatable bonds is 4. The van der Waals surface area contributed by atoms with Crippen LogP contribution in [0.4, 0.5) is 0 Å². The average Bonchev–Trinajstić information content (AvgIpc) is 2.84. The molecule has 0 saturated heterocycles. The average molecular weight is 312 g/mol. The molecular weight excluding hydrogens is 290 g/mol. The lowest BCUT2D eigenvalue weighted by atomic mass is 10.0. The lowest BCUT2D eigenvalue weighted by molar-refractivity contribution is 0.0154. The lowest BCUT2D eigenvalue weighted by Gasteiger charge is -2.28. The molecule has 1 aromatic heterocycles. The molecule has 21 heavy (non-hydrogen) atoms. The molecule has 1 fully saturated rings. The van der Waals surface area contributed by atoms with Crippen molar-refractivity contribution in [2.45, 2.75) is 51.0 Å². The second kappa shape index (κ2) is 6.28. The molecular formula is C15H22ClN3O2. The van der Waals surface area contributed by atoms with Gasteiger partial charge in [0.25, 0.3) is 5.91 Å². The van der Waals surface area contributed by atoms with Gasteiger partial charge in [-0.25, -0.2) is 9.97 Å². The number of carbonyl (C=O) groups is 1. The van der Waals surface area contributed by atoms with E-state index in [1.807, 2.05) is 13.8 Å². The monoisotopic (exact) mass is 311 g/mol. The molecule has 1 aliphatic carbocycles. The molecule has 0 unspecified atom stereocenters. The molecule has 0 spiro atoms. The maximum atomic E-state index is 12.5. The zero-order valence-corrected chi connectivity index (χ0v) is 13.5. The van der Waals surface area contributed by atoms with Gasteiger partial charge >= 0.3 is 0 Å². The molecule has 5 nitrogen and oxygen atoms in total. The van der Waals surface area contributed by atoms with Crippen LogP contribution in [0.3, 0.4) is 0 Å². The highest BCUT2D eigenvalue weighted by Gasteiger charge is 2.34. The zero-order valence-electron chi connectivity index (χ0n) is 12.8. The van der Waals surface area contributed by atoms with E-state index in [1.165, 1.54) is 11.1 Å². The van der Waals surface area contributed by atoms with Crippen LogP contribution < -0.4 is 0 Å². The van der Waals surface area contributed by atoms with Gasteiger partial charge in [0.15, 0.2) is 5.69 Å². The van der Waals surface area contributed by atoms with Gasteiger partial charge in [0.05, 0.1) is 16.8 Å². The van der Waals surface area contributed by atoms with Crippen LogP contribution in [-0.4, -0.2) is 45.1 Å². The van der Waals surface area contributed by atoms with Crippen LogP contribution >= 0.6 is 11.6 Å². The van der Waals surface area contributed by atoms with Crippen molar-refractivity contribution in [2.24, 2.45) is 0 Å². The summed E-state index contributed by atoms with van der Waals surface area (Å²) in [6.07, 6.45) is 4.95. The topological polar surface area (TPSA) is 66.3 Å². The minimum Gasteiger partial charge on any atom is -0.388 e. The van der Waals surface area contributed by atoms with E-state index >= 15 is 0 Å². The molecule has 1 amide bonds. The van der Waals surface area contributed by atoms with Gasteiger partial charge in [-0.3, -0.25) is 4.79 Å². The summed E-state index contributed by atoms with van der Waals surface area (Å²) < 4.78 is 0. The van der Waals surface area contributed by atoms with Crippen molar-refractivity contribution in [2.75, 3.05) is 13.6 Å². The number of carbonyl (C=O) groups excluding carboxylic acids is 1. The fraction of sp³-hybridized carbons (Fsp3) is 0.667. The van der Waals surface area contributed by atoms with Crippen molar-refractivity contribution in [3.8, 4) is 0 Å². The van der Waals surface area contributed by atoms with Gasteiger partial charge in [-0.15, -0.1) is 0 Å². The normalized spacial score (nSPS) is 17.2. The summed E-state index contributed by atoms with van der Waals surface area (Å²) >= 11 is 6.06. The molecule has 2 rings (SSSR count). The second-order valence-corrected chi connectivity index (χ2v) is 6.58. The fourth-order valence-electron chi connectivity index (χ4n) is 2.69. The molecule has 0 aliphatic heterocycles. The van der Waals surface area contributed by atoms with Gasteiger partial charge < -0.3 is 10.0 Å². The zero-order chi connectivity index (χ0) is 15.6. The standard InChI is InChI=1S/C15H22ClN3O2/c1-10(2)13-17-8-11(16)12(18-13)14(20)19(3)9-15(21)6-4-5-7-15/h8,10,21H,4-7,9H2,1-3H3. The van der Waals surface area contributed by atoms with E-state index in [0.29, 0.717) is 12.4 Å². The van der Waals surface area contributed by atoms with Crippen molar-refractivity contribution < 1.29 is 9.90 Å². The van der Waals surface area contributed by atoms with Gasteiger partial charge in [0, 0.05) is 19.5 Å². The Balaban J connectivity index is 2.17. The van der Waals surface area contributed by atoms with Crippen molar-refractivity contribution in [1.29, 1.82) is 0 Å². The highest BCUT2D eigenvalue weighted by Crippen LogP contribution is 2.30. The first kappa shape index (κ1) is 16.2. The Morgan fingerprint density at radius 2 is 2.10 bits per heavy atom. The molecule has 1 saturated carbocycles. The Morgan fingerprint density at radius 3 is 2.67 bits per heavy atom. The number of amides is 1. The van der Waals surface area contributed by atoms with E-state index in [0.717, 1.165) is 25.7 Å². The molecule has 0 bridgehead atoms. The maximum absolute atomic E-state index is 12.5. The first-order valence-corrected chi connectivity index (χ1v) is 7.70. The smallest absolute Gasteiger partial charge is 0.273 e. The number of aliphatic hydroxyl groups is 1. The van der Waals surface area contributed by atoms with Crippen LogP contribution in [0.25, 0.3) is 0 Å². The van der Waals surface area contributed by atoms with E-state index in [1.54, 1.807) is 7.05 Å². The minimum absolute atomic E-state index is 0.123. The van der Waals surface area contributed by atoms with Gasteiger partial charge in [-0.2, -0.15) is 0 Å². The van der Waals surface area contributed by atoms with E-state index in [-0.39, 0.29) is 22.5 Å². The van der Waals surface area contributed by atoms with E-state index in [4.69, 9.17) is 11.6 Å². The molecule has 1 N–H and O–H groups in total. The van der Waals surface area contributed by atoms with E-state index in [9.17, 15) is 9.90 Å². The molecule has 6 heteroatoms. The predicted molar refractivity (Wildman–Crippen MR) is 81.5 cm³/mol. The Labute approximate surface area is 130 Å². The number of hydrogen-bond acceptors (Lipinski definition) is 4. The Hall–Kier alpha value is -1.20. The van der Waals surface area contributed by atoms with Crippen LogP contribution in [0.5, 0.6) is 0 Å². The third-order valence-electron chi connectivity index (χ3n) is 3.89. The Kier molecular flexibility index (Phi) is 4.84. The van der Waals surface area contributed by atoms with Crippen molar-refractivity contribution >= 4 is 17.5 Å². The van der Waals surface area contributed by atoms with Crippen LogP contribution in [0.2, 0.25) is 5.02 Å². The number of aromatic nitrogens is 2. The second-order valence-electron chi connectivity index (χ2n) is 6.17. The number of hydrogen-bond donors (Lipinski definition) is 1. The summed E-state index contributed by atoms with van der Waals surface area (Å²) in [5.41, 5.74) is -0.565. The lowest BCUT2D eigenvalue weighted by Crippen LogP contribution is -2.42. The van der Waals surface area contributed by atoms with Crippen LogP contribution in [0.1, 0.15) is 61.8 Å². The molecule has 0 aromatic carbocycles. The molecule has 1 aromatic rings. The van der Waals surface area contributed by atoms with E-state index in [2.05, 4.69) is 9.97 Å². The predicted octanol–water partition coefficient (Wildman–Crippen LogP) is 2.63. The minimum atomic E-state index is -0.773. The van der Waals surface area contributed by atoms with Gasteiger partial charge in [0.2, 0.25) is 0 Å². The van der Waals surface area contributed by atoms with Crippen molar-refractivity contribution in [1.82, 2.24) is 14.9 Å². The molecule has 0 atom stereocenters. The van der Waals surface area contributed by atoms with E-state index < -0.39 is 5.60 Å². The summed E-state index contributed by atoms with van der Waals surface area (Å²) in [6, 6.07) is 0. The SMILES string of the molecule is CC(C)c1ncc(Cl)c(C(=O)N(C)CC2(O)CCCC2)n1. The molecule has 1 heterocycles. The van der Waals surface area contributed by atoms with Crippen LogP contribution in [0.15, 0.2) is 6.20 Å². The number of halogens is 1.